The zero-order valence-corrected chi connectivity index (χ0v) is 29.7. The largest absolute Gasteiger partial charge is 0.549 e. The minimum atomic E-state index is -3.70. The average molecular weight is 610 g/mol. The molecule has 6 heteroatoms. The van der Waals surface area contributed by atoms with E-state index in [-0.39, 0.29) is 0 Å². The smallest absolute Gasteiger partial charge is 0.173 e. The summed E-state index contributed by atoms with van der Waals surface area (Å²) in [6.45, 7) is 9.41. The van der Waals surface area contributed by atoms with Gasteiger partial charge in [0.15, 0.2) is 6.01 Å². The fourth-order valence-electron chi connectivity index (χ4n) is 5.63. The molecule has 0 aliphatic rings. The lowest BCUT2D eigenvalue weighted by atomic mass is 10.1. The Kier molecular flexibility index (Phi) is 34.1. The first-order valence-electron chi connectivity index (χ1n) is 17.6. The molecule has 0 aliphatic carbocycles. The highest BCUT2D eigenvalue weighted by atomic mass is 32.2. The van der Waals surface area contributed by atoms with E-state index < -0.39 is 23.3 Å². The molecule has 0 atom stereocenters. The van der Waals surface area contributed by atoms with E-state index in [0.29, 0.717) is 0 Å². The minimum Gasteiger partial charge on any atom is -0.549 e. The van der Waals surface area contributed by atoms with E-state index in [9.17, 15) is 12.8 Å². The molecule has 0 radical (unpaired) electrons. The Bertz CT molecular complexity index is 547. The van der Waals surface area contributed by atoms with Gasteiger partial charge in [-0.25, -0.2) is 12.8 Å². The van der Waals surface area contributed by atoms with Gasteiger partial charge in [-0.2, -0.15) is 7.05 Å². The van der Waals surface area contributed by atoms with E-state index in [1.807, 2.05) is 0 Å². The van der Waals surface area contributed by atoms with Gasteiger partial charge in [-0.15, -0.1) is 0 Å². The van der Waals surface area contributed by atoms with Crippen LogP contribution in [0.2, 0.25) is 0 Å². The summed E-state index contributed by atoms with van der Waals surface area (Å²) in [5, 5.41) is 0. The quantitative estimate of drug-likeness (QED) is 0.0601. The van der Waals surface area contributed by atoms with Gasteiger partial charge in [0.05, 0.1) is 24.6 Å². The predicted molar refractivity (Wildman–Crippen MR) is 184 cm³/mol. The van der Waals surface area contributed by atoms with E-state index in [0.717, 1.165) is 7.05 Å². The van der Waals surface area contributed by atoms with Gasteiger partial charge in [0.1, 0.15) is 10.0 Å². The highest BCUT2D eigenvalue weighted by molar-refractivity contribution is 7.93. The maximum absolute atomic E-state index is 11.1. The van der Waals surface area contributed by atoms with Crippen molar-refractivity contribution >= 4 is 17.3 Å². The Hall–Kier alpha value is 0.270. The van der Waals surface area contributed by atoms with Crippen LogP contribution >= 0.6 is 7.26 Å². The predicted octanol–water partition coefficient (Wildman–Crippen LogP) is 12.7. The molecule has 0 bridgehead atoms. The van der Waals surface area contributed by atoms with Crippen LogP contribution in [0.15, 0.2) is 0 Å². The molecular weight excluding hydrogens is 536 g/mol. The Balaban J connectivity index is 0. The van der Waals surface area contributed by atoms with Crippen molar-refractivity contribution in [2.24, 2.45) is 0 Å². The highest BCUT2D eigenvalue weighted by Gasteiger charge is 2.34. The second-order valence-electron chi connectivity index (χ2n) is 12.2. The van der Waals surface area contributed by atoms with Crippen molar-refractivity contribution in [3.05, 3.63) is 4.72 Å². The molecule has 0 N–H and O–H groups in total. The van der Waals surface area contributed by atoms with Gasteiger partial charge < -0.3 is 4.72 Å². The fraction of sp³-hybridized carbons (Fsp3) is 1.00. The number of rotatable bonds is 30. The summed E-state index contributed by atoms with van der Waals surface area (Å²) in [6, 6.07) is -1.40. The van der Waals surface area contributed by atoms with Gasteiger partial charge in [-0.3, -0.25) is 0 Å². The molecule has 0 spiro atoms. The lowest BCUT2D eigenvalue weighted by Gasteiger charge is -2.28. The molecule has 0 heterocycles. The second kappa shape index (κ2) is 32.2. The van der Waals surface area contributed by atoms with Gasteiger partial charge >= 0.3 is 0 Å². The summed E-state index contributed by atoms with van der Waals surface area (Å²) in [6.07, 6.45) is 42.1. The van der Waals surface area contributed by atoms with Crippen LogP contribution in [0.25, 0.3) is 4.72 Å². The van der Waals surface area contributed by atoms with Crippen molar-refractivity contribution < 1.29 is 12.8 Å². The first kappa shape index (κ1) is 42.4. The van der Waals surface area contributed by atoms with E-state index in [4.69, 9.17) is 0 Å². The van der Waals surface area contributed by atoms with Crippen LogP contribution < -0.4 is 0 Å². The minimum absolute atomic E-state index is 0.697. The first-order valence-corrected chi connectivity index (χ1v) is 21.8. The molecule has 0 saturated carbocycles. The summed E-state index contributed by atoms with van der Waals surface area (Å²) in [4.78, 5) is 0. The molecular formula is C34H73FNO2PS. The van der Waals surface area contributed by atoms with Crippen molar-refractivity contribution in [2.75, 3.05) is 37.7 Å². The average Bonchev–Trinajstić information content (AvgIpc) is 2.96. The number of hydrogen-bond donors (Lipinski definition) is 0. The molecule has 0 aromatic heterocycles. The monoisotopic (exact) mass is 610 g/mol. The molecule has 0 unspecified atom stereocenters. The zero-order chi connectivity index (χ0) is 30.2. The fourth-order valence-corrected chi connectivity index (χ4v) is 10.6. The third-order valence-corrected chi connectivity index (χ3v) is 14.3. The number of halogens is 1. The lowest BCUT2D eigenvalue weighted by Crippen LogP contribution is -2.13. The molecule has 0 amide bonds. The van der Waals surface area contributed by atoms with Crippen molar-refractivity contribution in [3.63, 3.8) is 0 Å². The van der Waals surface area contributed by atoms with Crippen LogP contribution in [0.3, 0.4) is 0 Å². The molecule has 0 rings (SSSR count). The Morgan fingerprint density at radius 3 is 0.875 bits per heavy atom. The first-order chi connectivity index (χ1) is 19.4. The van der Waals surface area contributed by atoms with Gasteiger partial charge in [0, 0.05) is 7.26 Å². The van der Waals surface area contributed by atoms with E-state index in [1.165, 1.54) is 128 Å². The Morgan fingerprint density at radius 2 is 0.675 bits per heavy atom. The van der Waals surface area contributed by atoms with Crippen LogP contribution in [0, 0.1) is 0 Å². The van der Waals surface area contributed by atoms with E-state index >= 15 is 0 Å². The van der Waals surface area contributed by atoms with E-state index in [1.54, 1.807) is 50.3 Å². The molecule has 0 aromatic carbocycles. The standard InChI is InChI=1S/C32H68P.C2H5FNO2S/c1-5-9-13-17-18-19-20-21-22-23-24-28-32-33(29-25-14-10-6-2,30-26-15-11-7-3)31-27-16-12-8-4;1-4-7(5,6)2-3/h5-32H2,1-4H3;2H2,1H3/q+1;-1. The third-order valence-electron chi connectivity index (χ3n) is 8.36. The number of unbranched alkanes of at least 4 members (excludes halogenated alkanes) is 20. The summed E-state index contributed by atoms with van der Waals surface area (Å²) in [7, 11) is -3.36. The summed E-state index contributed by atoms with van der Waals surface area (Å²) < 4.78 is 33.5. The number of hydrogen-bond acceptors (Lipinski definition) is 2. The molecule has 0 fully saturated rings. The van der Waals surface area contributed by atoms with Crippen molar-refractivity contribution in [1.29, 1.82) is 0 Å². The normalized spacial score (nSPS) is 11.9. The molecule has 0 aliphatic heterocycles. The maximum atomic E-state index is 11.1. The van der Waals surface area contributed by atoms with Crippen molar-refractivity contribution in [1.82, 2.24) is 0 Å². The molecule has 244 valence electrons. The topological polar surface area (TPSA) is 48.2 Å². The lowest BCUT2D eigenvalue weighted by molar-refractivity contribution is 0.540. The van der Waals surface area contributed by atoms with Gasteiger partial charge in [0.2, 0.25) is 0 Å². The van der Waals surface area contributed by atoms with Crippen LogP contribution in [0.4, 0.5) is 4.39 Å². The van der Waals surface area contributed by atoms with Gasteiger partial charge in [-0.1, -0.05) is 130 Å². The van der Waals surface area contributed by atoms with Crippen LogP contribution in [-0.4, -0.2) is 46.1 Å². The van der Waals surface area contributed by atoms with E-state index in [2.05, 4.69) is 32.4 Å². The Morgan fingerprint density at radius 1 is 0.450 bits per heavy atom. The maximum Gasteiger partial charge on any atom is 0.173 e. The highest BCUT2D eigenvalue weighted by Crippen LogP contribution is 2.61. The Labute approximate surface area is 253 Å². The van der Waals surface area contributed by atoms with Crippen LogP contribution in [0.1, 0.15) is 182 Å². The second-order valence-corrected chi connectivity index (χ2v) is 18.4. The molecule has 40 heavy (non-hydrogen) atoms. The number of nitrogens with zero attached hydrogens (tertiary/aromatic N) is 1. The van der Waals surface area contributed by atoms with Crippen molar-refractivity contribution in [2.45, 2.75) is 182 Å². The third kappa shape index (κ3) is 29.8. The molecule has 0 saturated heterocycles. The zero-order valence-electron chi connectivity index (χ0n) is 28.0. The number of alkyl halides is 1. The molecule has 3 nitrogen and oxygen atoms in total. The molecule has 0 aromatic rings. The van der Waals surface area contributed by atoms with Crippen LogP contribution in [0.5, 0.6) is 0 Å². The van der Waals surface area contributed by atoms with Gasteiger partial charge in [-0.05, 0) is 51.4 Å². The summed E-state index contributed by atoms with van der Waals surface area (Å²) in [5.74, 6) is 0. The SMILES string of the molecule is CCCCCCCCCCCCCC[P+](CCCCCC)(CCCCCC)CCCCCC.C[N-]S(=O)(=O)CF. The van der Waals surface area contributed by atoms with Crippen molar-refractivity contribution in [3.8, 4) is 0 Å². The summed E-state index contributed by atoms with van der Waals surface area (Å²) >= 11 is 0. The summed E-state index contributed by atoms with van der Waals surface area (Å²) in [5.41, 5.74) is 0. The number of sulfonamides is 1. The van der Waals surface area contributed by atoms with Gasteiger partial charge in [0.25, 0.3) is 0 Å². The van der Waals surface area contributed by atoms with Crippen LogP contribution in [-0.2, 0) is 10.0 Å².